The molecule has 0 aromatic heterocycles. The first-order chi connectivity index (χ1) is 8.66. The van der Waals surface area contributed by atoms with E-state index in [1.54, 1.807) is 0 Å². The fourth-order valence-corrected chi connectivity index (χ4v) is 4.03. The van der Waals surface area contributed by atoms with Crippen molar-refractivity contribution < 1.29 is 0 Å². The Morgan fingerprint density at radius 2 is 2.17 bits per heavy atom. The van der Waals surface area contributed by atoms with Gasteiger partial charge < -0.3 is 5.73 Å². The first-order valence-corrected chi connectivity index (χ1v) is 8.17. The lowest BCUT2D eigenvalue weighted by Crippen LogP contribution is -2.26. The van der Waals surface area contributed by atoms with Gasteiger partial charge in [0.05, 0.1) is 0 Å². The van der Waals surface area contributed by atoms with Crippen molar-refractivity contribution in [3.63, 3.8) is 0 Å². The van der Waals surface area contributed by atoms with E-state index in [1.165, 1.54) is 36.1 Å². The monoisotopic (exact) mass is 263 g/mol. The van der Waals surface area contributed by atoms with Gasteiger partial charge in [-0.3, -0.25) is 0 Å². The molecule has 0 amide bonds. The zero-order valence-corrected chi connectivity index (χ0v) is 12.4. The Bertz CT molecular complexity index is 369. The summed E-state index contributed by atoms with van der Waals surface area (Å²) in [6, 6.07) is 9.12. The van der Waals surface area contributed by atoms with Gasteiger partial charge in [0, 0.05) is 11.3 Å². The van der Waals surface area contributed by atoms with Gasteiger partial charge in [0.2, 0.25) is 0 Å². The van der Waals surface area contributed by atoms with E-state index in [1.807, 2.05) is 0 Å². The van der Waals surface area contributed by atoms with E-state index in [0.29, 0.717) is 11.2 Å². The van der Waals surface area contributed by atoms with Crippen molar-refractivity contribution >= 4 is 11.8 Å². The molecule has 0 spiro atoms. The van der Waals surface area contributed by atoms with Crippen LogP contribution in [0.2, 0.25) is 0 Å². The third-order valence-electron chi connectivity index (χ3n) is 3.60. The Morgan fingerprint density at radius 3 is 2.83 bits per heavy atom. The Labute approximate surface area is 116 Å². The van der Waals surface area contributed by atoms with Crippen LogP contribution in [-0.2, 0) is 6.42 Å². The summed E-state index contributed by atoms with van der Waals surface area (Å²) in [6.45, 7) is 4.53. The Morgan fingerprint density at radius 1 is 1.33 bits per heavy atom. The number of hydrogen-bond acceptors (Lipinski definition) is 2. The number of nitrogens with two attached hydrogens (primary N) is 1. The number of benzene rings is 1. The Kier molecular flexibility index (Phi) is 5.13. The third-order valence-corrected chi connectivity index (χ3v) is 5.08. The molecule has 1 aliphatic heterocycles. The van der Waals surface area contributed by atoms with Crippen molar-refractivity contribution in [1.29, 1.82) is 0 Å². The first-order valence-electron chi connectivity index (χ1n) is 7.13. The summed E-state index contributed by atoms with van der Waals surface area (Å²) in [5, 5.41) is 0.619. The average molecular weight is 263 g/mol. The van der Waals surface area contributed by atoms with E-state index in [2.05, 4.69) is 49.9 Å². The summed E-state index contributed by atoms with van der Waals surface area (Å²) in [4.78, 5) is 0. The van der Waals surface area contributed by atoms with Crippen molar-refractivity contribution in [2.45, 2.75) is 50.8 Å². The van der Waals surface area contributed by atoms with E-state index in [4.69, 9.17) is 5.73 Å². The lowest BCUT2D eigenvalue weighted by molar-refractivity contribution is 0.580. The zero-order chi connectivity index (χ0) is 13.0. The maximum Gasteiger partial charge on any atom is 0.0415 e. The molecule has 1 fully saturated rings. The summed E-state index contributed by atoms with van der Waals surface area (Å²) in [7, 11) is 0. The van der Waals surface area contributed by atoms with Crippen molar-refractivity contribution in [2.75, 3.05) is 5.75 Å². The van der Waals surface area contributed by atoms with Crippen LogP contribution in [0.3, 0.4) is 0 Å². The molecule has 1 aromatic carbocycles. The highest BCUT2D eigenvalue weighted by molar-refractivity contribution is 8.00. The minimum Gasteiger partial charge on any atom is -0.323 e. The summed E-state index contributed by atoms with van der Waals surface area (Å²) in [6.07, 6.45) is 5.14. The molecule has 2 unspecified atom stereocenters. The van der Waals surface area contributed by atoms with E-state index in [9.17, 15) is 0 Å². The van der Waals surface area contributed by atoms with E-state index in [-0.39, 0.29) is 6.04 Å². The normalized spacial score (nSPS) is 22.1. The molecule has 1 aliphatic rings. The summed E-state index contributed by atoms with van der Waals surface area (Å²) in [5.41, 5.74) is 9.20. The molecular formula is C16H25NS. The summed E-state index contributed by atoms with van der Waals surface area (Å²) >= 11 is 2.06. The maximum atomic E-state index is 6.45. The lowest BCUT2D eigenvalue weighted by atomic mass is 9.95. The van der Waals surface area contributed by atoms with Crippen LogP contribution < -0.4 is 5.73 Å². The van der Waals surface area contributed by atoms with Crippen molar-refractivity contribution in [2.24, 2.45) is 11.7 Å². The smallest absolute Gasteiger partial charge is 0.0415 e. The molecule has 100 valence electrons. The Hall–Kier alpha value is -0.470. The van der Waals surface area contributed by atoms with Crippen LogP contribution in [0.4, 0.5) is 0 Å². The molecule has 1 saturated heterocycles. The largest absolute Gasteiger partial charge is 0.323 e. The van der Waals surface area contributed by atoms with E-state index >= 15 is 0 Å². The average Bonchev–Trinajstić information content (AvgIpc) is 2.38. The third kappa shape index (κ3) is 3.76. The number of hydrogen-bond donors (Lipinski definition) is 1. The molecule has 0 bridgehead atoms. The van der Waals surface area contributed by atoms with Crippen LogP contribution in [-0.4, -0.2) is 11.0 Å². The Balaban J connectivity index is 2.06. The van der Waals surface area contributed by atoms with Crippen LogP contribution in [0.25, 0.3) is 0 Å². The second-order valence-electron chi connectivity index (χ2n) is 5.77. The molecule has 2 N–H and O–H groups in total. The summed E-state index contributed by atoms with van der Waals surface area (Å²) in [5.74, 6) is 1.99. The van der Waals surface area contributed by atoms with Gasteiger partial charge in [-0.2, -0.15) is 11.8 Å². The van der Waals surface area contributed by atoms with Crippen molar-refractivity contribution in [3.8, 4) is 0 Å². The number of thioether (sulfide) groups is 1. The van der Waals surface area contributed by atoms with Gasteiger partial charge in [-0.15, -0.1) is 0 Å². The maximum absolute atomic E-state index is 6.45. The first kappa shape index (κ1) is 14.0. The minimum absolute atomic E-state index is 0.211. The SMILES string of the molecule is CC(C)Cc1cccc(C(N)C2CCCCS2)c1. The second kappa shape index (κ2) is 6.63. The zero-order valence-electron chi connectivity index (χ0n) is 11.6. The predicted molar refractivity (Wildman–Crippen MR) is 82.0 cm³/mol. The molecule has 0 radical (unpaired) electrons. The number of rotatable bonds is 4. The van der Waals surface area contributed by atoms with Crippen molar-refractivity contribution in [1.82, 2.24) is 0 Å². The van der Waals surface area contributed by atoms with Gasteiger partial charge in [-0.25, -0.2) is 0 Å². The van der Waals surface area contributed by atoms with Gasteiger partial charge >= 0.3 is 0 Å². The predicted octanol–water partition coefficient (Wildman–Crippen LogP) is 4.17. The molecular weight excluding hydrogens is 238 g/mol. The van der Waals surface area contributed by atoms with E-state index in [0.717, 1.165) is 6.42 Å². The highest BCUT2D eigenvalue weighted by Crippen LogP contribution is 2.33. The summed E-state index contributed by atoms with van der Waals surface area (Å²) < 4.78 is 0. The molecule has 2 atom stereocenters. The highest BCUT2D eigenvalue weighted by Gasteiger charge is 2.22. The molecule has 1 heterocycles. The van der Waals surface area contributed by atoms with Gasteiger partial charge in [0.15, 0.2) is 0 Å². The molecule has 18 heavy (non-hydrogen) atoms. The standard InChI is InChI=1S/C16H25NS/c1-12(2)10-13-6-5-7-14(11-13)16(17)15-8-3-4-9-18-15/h5-7,11-12,15-16H,3-4,8-10,17H2,1-2H3. The molecule has 1 nitrogen and oxygen atoms in total. The topological polar surface area (TPSA) is 26.0 Å². The molecule has 1 aromatic rings. The fourth-order valence-electron chi connectivity index (χ4n) is 2.66. The quantitative estimate of drug-likeness (QED) is 0.882. The molecule has 0 saturated carbocycles. The second-order valence-corrected chi connectivity index (χ2v) is 7.12. The van der Waals surface area contributed by atoms with Crippen LogP contribution in [0.5, 0.6) is 0 Å². The van der Waals surface area contributed by atoms with Crippen molar-refractivity contribution in [3.05, 3.63) is 35.4 Å². The fraction of sp³-hybridized carbons (Fsp3) is 0.625. The van der Waals surface area contributed by atoms with Crippen LogP contribution in [0.15, 0.2) is 24.3 Å². The van der Waals surface area contributed by atoms with Gasteiger partial charge in [0.25, 0.3) is 0 Å². The van der Waals surface area contributed by atoms with Crippen LogP contribution >= 0.6 is 11.8 Å². The van der Waals surface area contributed by atoms with Gasteiger partial charge in [0.1, 0.15) is 0 Å². The van der Waals surface area contributed by atoms with Crippen LogP contribution in [0.1, 0.15) is 50.3 Å². The highest BCUT2D eigenvalue weighted by atomic mass is 32.2. The van der Waals surface area contributed by atoms with Gasteiger partial charge in [-0.1, -0.05) is 44.5 Å². The molecule has 0 aliphatic carbocycles. The molecule has 2 heteroatoms. The molecule has 2 rings (SSSR count). The van der Waals surface area contributed by atoms with E-state index < -0.39 is 0 Å². The van der Waals surface area contributed by atoms with Crippen LogP contribution in [0, 0.1) is 5.92 Å². The lowest BCUT2D eigenvalue weighted by Gasteiger charge is -2.27. The van der Waals surface area contributed by atoms with Gasteiger partial charge in [-0.05, 0) is 42.1 Å². The minimum atomic E-state index is 0.211.